The summed E-state index contributed by atoms with van der Waals surface area (Å²) in [5.74, 6) is 0.240. The van der Waals surface area contributed by atoms with Crippen molar-refractivity contribution in [1.82, 2.24) is 4.90 Å². The molecule has 1 aromatic carbocycles. The molecule has 0 radical (unpaired) electrons. The lowest BCUT2D eigenvalue weighted by Crippen LogP contribution is -2.39. The van der Waals surface area contributed by atoms with E-state index >= 15 is 0 Å². The quantitative estimate of drug-likeness (QED) is 0.874. The van der Waals surface area contributed by atoms with Crippen LogP contribution in [0.4, 0.5) is 0 Å². The summed E-state index contributed by atoms with van der Waals surface area (Å²) in [5.41, 5.74) is 1.11. The molecule has 1 saturated heterocycles. The van der Waals surface area contributed by atoms with Crippen molar-refractivity contribution < 1.29 is 15.0 Å². The van der Waals surface area contributed by atoms with E-state index in [1.54, 1.807) is 6.07 Å². The van der Waals surface area contributed by atoms with Crippen molar-refractivity contribution >= 4 is 5.97 Å². The number of hydrogen-bond acceptors (Lipinski definition) is 3. The standard InChI is InChI=1S/C17H25NO3/c1-12(9-17(20)21)15-6-4-8-18(11-15)13(2)14-5-3-7-16(19)10-14/h3,5,7,10,12-13,15,19H,4,6,8-9,11H2,1-2H3,(H,20,21). The highest BCUT2D eigenvalue weighted by Crippen LogP contribution is 2.32. The third-order valence-electron chi connectivity index (χ3n) is 4.69. The first-order valence-corrected chi connectivity index (χ1v) is 7.72. The van der Waals surface area contributed by atoms with Gasteiger partial charge < -0.3 is 10.2 Å². The Bertz CT molecular complexity index is 489. The number of rotatable bonds is 5. The van der Waals surface area contributed by atoms with Crippen LogP contribution in [0.3, 0.4) is 0 Å². The van der Waals surface area contributed by atoms with Gasteiger partial charge in [0.25, 0.3) is 0 Å². The second kappa shape index (κ2) is 6.94. The molecule has 4 nitrogen and oxygen atoms in total. The maximum Gasteiger partial charge on any atom is 0.303 e. The Morgan fingerprint density at radius 1 is 1.43 bits per heavy atom. The molecule has 0 aromatic heterocycles. The summed E-state index contributed by atoms with van der Waals surface area (Å²) in [6.45, 7) is 6.17. The summed E-state index contributed by atoms with van der Waals surface area (Å²) >= 11 is 0. The van der Waals surface area contributed by atoms with E-state index in [1.165, 1.54) is 0 Å². The van der Waals surface area contributed by atoms with Gasteiger partial charge >= 0.3 is 5.97 Å². The van der Waals surface area contributed by atoms with E-state index < -0.39 is 5.97 Å². The number of likely N-dealkylation sites (tertiary alicyclic amines) is 1. The molecule has 0 spiro atoms. The Kier molecular flexibility index (Phi) is 5.23. The SMILES string of the molecule is CC(CC(=O)O)C1CCCN(C(C)c2cccc(O)c2)C1. The molecular weight excluding hydrogens is 266 g/mol. The van der Waals surface area contributed by atoms with E-state index in [2.05, 4.69) is 11.8 Å². The van der Waals surface area contributed by atoms with Gasteiger partial charge in [0.1, 0.15) is 5.75 Å². The third kappa shape index (κ3) is 4.21. The van der Waals surface area contributed by atoms with Gasteiger partial charge in [-0.25, -0.2) is 0 Å². The highest BCUT2D eigenvalue weighted by molar-refractivity contribution is 5.67. The number of phenols is 1. The number of nitrogens with zero attached hydrogens (tertiary/aromatic N) is 1. The molecule has 4 heteroatoms. The number of benzene rings is 1. The fourth-order valence-corrected chi connectivity index (χ4v) is 3.29. The normalized spacial score (nSPS) is 22.7. The Morgan fingerprint density at radius 3 is 2.86 bits per heavy atom. The van der Waals surface area contributed by atoms with Crippen LogP contribution in [-0.4, -0.2) is 34.2 Å². The fourth-order valence-electron chi connectivity index (χ4n) is 3.29. The van der Waals surface area contributed by atoms with Crippen LogP contribution in [0.25, 0.3) is 0 Å². The van der Waals surface area contributed by atoms with Crippen LogP contribution >= 0.6 is 0 Å². The summed E-state index contributed by atoms with van der Waals surface area (Å²) in [6, 6.07) is 7.65. The largest absolute Gasteiger partial charge is 0.508 e. The highest BCUT2D eigenvalue weighted by Gasteiger charge is 2.28. The number of piperidine rings is 1. The van der Waals surface area contributed by atoms with E-state index in [0.717, 1.165) is 31.5 Å². The highest BCUT2D eigenvalue weighted by atomic mass is 16.4. The zero-order valence-electron chi connectivity index (χ0n) is 12.8. The zero-order valence-corrected chi connectivity index (χ0v) is 12.8. The summed E-state index contributed by atoms with van der Waals surface area (Å²) in [7, 11) is 0. The van der Waals surface area contributed by atoms with Crippen LogP contribution < -0.4 is 0 Å². The van der Waals surface area contributed by atoms with Gasteiger partial charge in [-0.05, 0) is 55.8 Å². The average molecular weight is 291 g/mol. The van der Waals surface area contributed by atoms with Crippen LogP contribution in [0.2, 0.25) is 0 Å². The molecule has 116 valence electrons. The smallest absolute Gasteiger partial charge is 0.303 e. The van der Waals surface area contributed by atoms with Gasteiger partial charge in [0, 0.05) is 19.0 Å². The maximum absolute atomic E-state index is 10.9. The minimum absolute atomic E-state index is 0.210. The fraction of sp³-hybridized carbons (Fsp3) is 0.588. The van der Waals surface area contributed by atoms with E-state index in [0.29, 0.717) is 11.7 Å². The van der Waals surface area contributed by atoms with Crippen LogP contribution in [0.1, 0.15) is 44.7 Å². The number of aromatic hydroxyl groups is 1. The summed E-state index contributed by atoms with van der Waals surface area (Å²) in [6.07, 6.45) is 2.47. The molecule has 0 saturated carbocycles. The second-order valence-electron chi connectivity index (χ2n) is 6.24. The van der Waals surface area contributed by atoms with Gasteiger partial charge in [-0.1, -0.05) is 19.1 Å². The van der Waals surface area contributed by atoms with E-state index in [4.69, 9.17) is 5.11 Å². The Morgan fingerprint density at radius 2 is 2.19 bits per heavy atom. The molecule has 0 bridgehead atoms. The summed E-state index contributed by atoms with van der Waals surface area (Å²) in [5, 5.41) is 18.6. The van der Waals surface area contributed by atoms with E-state index in [1.807, 2.05) is 25.1 Å². The second-order valence-corrected chi connectivity index (χ2v) is 6.24. The number of carboxylic acids is 1. The van der Waals surface area contributed by atoms with Crippen molar-refractivity contribution in [1.29, 1.82) is 0 Å². The molecule has 3 atom stereocenters. The molecule has 0 amide bonds. The maximum atomic E-state index is 10.9. The minimum Gasteiger partial charge on any atom is -0.508 e. The molecule has 3 unspecified atom stereocenters. The lowest BCUT2D eigenvalue weighted by molar-refractivity contribution is -0.138. The van der Waals surface area contributed by atoms with Gasteiger partial charge in [-0.2, -0.15) is 0 Å². The molecule has 2 N–H and O–H groups in total. The van der Waals surface area contributed by atoms with Gasteiger partial charge in [0.15, 0.2) is 0 Å². The molecule has 21 heavy (non-hydrogen) atoms. The van der Waals surface area contributed by atoms with Gasteiger partial charge in [0.2, 0.25) is 0 Å². The molecule has 0 aliphatic carbocycles. The lowest BCUT2D eigenvalue weighted by Gasteiger charge is -2.39. The summed E-state index contributed by atoms with van der Waals surface area (Å²) < 4.78 is 0. The van der Waals surface area contributed by atoms with Crippen molar-refractivity contribution in [3.63, 3.8) is 0 Å². The van der Waals surface area contributed by atoms with E-state index in [-0.39, 0.29) is 18.4 Å². The predicted molar refractivity (Wildman–Crippen MR) is 82.2 cm³/mol. The Hall–Kier alpha value is -1.55. The van der Waals surface area contributed by atoms with Crippen LogP contribution in [-0.2, 0) is 4.79 Å². The first-order valence-electron chi connectivity index (χ1n) is 7.72. The average Bonchev–Trinajstić information content (AvgIpc) is 2.46. The monoisotopic (exact) mass is 291 g/mol. The van der Waals surface area contributed by atoms with Gasteiger partial charge in [-0.3, -0.25) is 9.69 Å². The first kappa shape index (κ1) is 15.8. The Labute approximate surface area is 126 Å². The van der Waals surface area contributed by atoms with Crippen molar-refractivity contribution in [2.45, 2.75) is 39.2 Å². The van der Waals surface area contributed by atoms with Gasteiger partial charge in [-0.15, -0.1) is 0 Å². The summed E-state index contributed by atoms with van der Waals surface area (Å²) in [4.78, 5) is 13.3. The van der Waals surface area contributed by atoms with Crippen LogP contribution in [0.15, 0.2) is 24.3 Å². The number of hydrogen-bond donors (Lipinski definition) is 2. The molecule has 1 aliphatic rings. The predicted octanol–water partition coefficient (Wildman–Crippen LogP) is 3.28. The zero-order chi connectivity index (χ0) is 15.4. The van der Waals surface area contributed by atoms with Crippen LogP contribution in [0, 0.1) is 11.8 Å². The molecular formula is C17H25NO3. The molecule has 1 heterocycles. The lowest BCUT2D eigenvalue weighted by atomic mass is 9.84. The number of aliphatic carboxylic acids is 1. The van der Waals surface area contributed by atoms with Crippen molar-refractivity contribution in [3.05, 3.63) is 29.8 Å². The molecule has 1 aromatic rings. The van der Waals surface area contributed by atoms with E-state index in [9.17, 15) is 9.90 Å². The number of carbonyl (C=O) groups is 1. The van der Waals surface area contributed by atoms with Crippen molar-refractivity contribution in [2.75, 3.05) is 13.1 Å². The van der Waals surface area contributed by atoms with Crippen LogP contribution in [0.5, 0.6) is 5.75 Å². The van der Waals surface area contributed by atoms with Crippen molar-refractivity contribution in [3.8, 4) is 5.75 Å². The first-order chi connectivity index (χ1) is 9.97. The Balaban J connectivity index is 2.01. The molecule has 1 fully saturated rings. The third-order valence-corrected chi connectivity index (χ3v) is 4.69. The van der Waals surface area contributed by atoms with Crippen molar-refractivity contribution in [2.24, 2.45) is 11.8 Å². The molecule has 2 rings (SSSR count). The van der Waals surface area contributed by atoms with Gasteiger partial charge in [0.05, 0.1) is 0 Å². The molecule has 1 aliphatic heterocycles. The minimum atomic E-state index is -0.708. The number of carboxylic acid groups (broad SMARTS) is 1. The number of phenolic OH excluding ortho intramolecular Hbond substituents is 1. The topological polar surface area (TPSA) is 60.8 Å².